The summed E-state index contributed by atoms with van der Waals surface area (Å²) in [6.07, 6.45) is 3.95. The lowest BCUT2D eigenvalue weighted by atomic mass is 10.1. The molecule has 0 aliphatic carbocycles. The van der Waals surface area contributed by atoms with Crippen molar-refractivity contribution in [1.29, 1.82) is 0 Å². The molecule has 19 heavy (non-hydrogen) atoms. The summed E-state index contributed by atoms with van der Waals surface area (Å²) in [6, 6.07) is 6.82. The van der Waals surface area contributed by atoms with E-state index in [1.165, 1.54) is 24.8 Å². The van der Waals surface area contributed by atoms with E-state index in [1.54, 1.807) is 0 Å². The zero-order chi connectivity index (χ0) is 12.9. The molecule has 0 bridgehead atoms. The lowest BCUT2D eigenvalue weighted by Crippen LogP contribution is -2.41. The van der Waals surface area contributed by atoms with Gasteiger partial charge in [-0.1, -0.05) is 12.5 Å². The van der Waals surface area contributed by atoms with Gasteiger partial charge in [-0.3, -0.25) is 0 Å². The number of hydrogen-bond donors (Lipinski definition) is 2. The first-order valence-electron chi connectivity index (χ1n) is 7.24. The van der Waals surface area contributed by atoms with Crippen LogP contribution in [0.3, 0.4) is 0 Å². The Bertz CT molecular complexity index is 417. The molecule has 4 heteroatoms. The zero-order valence-electron chi connectivity index (χ0n) is 11.3. The van der Waals surface area contributed by atoms with Gasteiger partial charge in [-0.15, -0.1) is 0 Å². The number of benzene rings is 1. The lowest BCUT2D eigenvalue weighted by Gasteiger charge is -2.24. The van der Waals surface area contributed by atoms with Gasteiger partial charge in [0.05, 0.1) is 0 Å². The highest BCUT2D eigenvalue weighted by Crippen LogP contribution is 2.30. The van der Waals surface area contributed by atoms with Crippen LogP contribution in [0.5, 0.6) is 11.5 Å². The standard InChI is InChI=1S/C15H22N2O2/c1-2-6-17-13(3-1)11-16-10-12-4-5-14-15(9-12)19-8-7-18-14/h4-5,9,13,16-17H,1-3,6-8,10-11H2. The maximum atomic E-state index is 5.60. The number of piperidine rings is 1. The Kier molecular flexibility index (Phi) is 4.20. The fraction of sp³-hybridized carbons (Fsp3) is 0.600. The molecule has 1 aromatic carbocycles. The van der Waals surface area contributed by atoms with Crippen molar-refractivity contribution < 1.29 is 9.47 Å². The summed E-state index contributed by atoms with van der Waals surface area (Å²) in [5.41, 5.74) is 1.25. The molecule has 3 rings (SSSR count). The first-order valence-corrected chi connectivity index (χ1v) is 7.24. The van der Waals surface area contributed by atoms with Crippen LogP contribution in [0.2, 0.25) is 0 Å². The van der Waals surface area contributed by atoms with Crippen molar-refractivity contribution in [2.24, 2.45) is 0 Å². The second kappa shape index (κ2) is 6.26. The summed E-state index contributed by atoms with van der Waals surface area (Å²) in [6.45, 7) is 4.38. The van der Waals surface area contributed by atoms with E-state index in [4.69, 9.17) is 9.47 Å². The molecule has 1 saturated heterocycles. The number of hydrogen-bond acceptors (Lipinski definition) is 4. The molecule has 2 aliphatic rings. The van der Waals surface area contributed by atoms with Gasteiger partial charge in [0.2, 0.25) is 0 Å². The van der Waals surface area contributed by atoms with E-state index in [1.807, 2.05) is 6.07 Å². The van der Waals surface area contributed by atoms with Crippen molar-refractivity contribution in [3.8, 4) is 11.5 Å². The molecule has 104 valence electrons. The highest BCUT2D eigenvalue weighted by molar-refractivity contribution is 5.43. The molecule has 1 unspecified atom stereocenters. The third-order valence-corrected chi connectivity index (χ3v) is 3.74. The molecule has 1 fully saturated rings. The molecule has 1 atom stereocenters. The minimum Gasteiger partial charge on any atom is -0.486 e. The van der Waals surface area contributed by atoms with Crippen LogP contribution in [0.25, 0.3) is 0 Å². The second-order valence-corrected chi connectivity index (χ2v) is 5.26. The topological polar surface area (TPSA) is 42.5 Å². The van der Waals surface area contributed by atoms with Crippen molar-refractivity contribution in [2.75, 3.05) is 26.3 Å². The first kappa shape index (κ1) is 12.8. The minimum absolute atomic E-state index is 0.631. The van der Waals surface area contributed by atoms with Crippen LogP contribution in [0.15, 0.2) is 18.2 Å². The molecule has 4 nitrogen and oxygen atoms in total. The molecular weight excluding hydrogens is 240 g/mol. The number of fused-ring (bicyclic) bond motifs is 1. The highest BCUT2D eigenvalue weighted by Gasteiger charge is 2.13. The Morgan fingerprint density at radius 2 is 2.05 bits per heavy atom. The number of nitrogens with one attached hydrogen (secondary N) is 2. The van der Waals surface area contributed by atoms with Crippen LogP contribution in [0.4, 0.5) is 0 Å². The van der Waals surface area contributed by atoms with E-state index >= 15 is 0 Å². The summed E-state index contributed by atoms with van der Waals surface area (Å²) in [7, 11) is 0. The third-order valence-electron chi connectivity index (χ3n) is 3.74. The first-order chi connectivity index (χ1) is 9.42. The Morgan fingerprint density at radius 3 is 2.89 bits per heavy atom. The quantitative estimate of drug-likeness (QED) is 0.866. The normalized spacial score (nSPS) is 22.2. The van der Waals surface area contributed by atoms with Crippen LogP contribution in [-0.2, 0) is 6.54 Å². The monoisotopic (exact) mass is 262 g/mol. The summed E-state index contributed by atoms with van der Waals surface area (Å²) < 4.78 is 11.1. The average Bonchev–Trinajstić information content (AvgIpc) is 2.48. The van der Waals surface area contributed by atoms with E-state index in [-0.39, 0.29) is 0 Å². The molecule has 2 N–H and O–H groups in total. The van der Waals surface area contributed by atoms with Gasteiger partial charge in [-0.2, -0.15) is 0 Å². The molecule has 0 saturated carbocycles. The largest absolute Gasteiger partial charge is 0.486 e. The van der Waals surface area contributed by atoms with E-state index in [0.717, 1.165) is 31.1 Å². The molecule has 0 spiro atoms. The van der Waals surface area contributed by atoms with Gasteiger partial charge in [-0.05, 0) is 37.1 Å². The third kappa shape index (κ3) is 3.39. The van der Waals surface area contributed by atoms with Crippen LogP contribution in [-0.4, -0.2) is 32.3 Å². The summed E-state index contributed by atoms with van der Waals surface area (Å²) in [5, 5.41) is 7.07. The fourth-order valence-corrected chi connectivity index (χ4v) is 2.69. The van der Waals surface area contributed by atoms with E-state index in [2.05, 4.69) is 22.8 Å². The highest BCUT2D eigenvalue weighted by atomic mass is 16.6. The maximum Gasteiger partial charge on any atom is 0.161 e. The lowest BCUT2D eigenvalue weighted by molar-refractivity contribution is 0.171. The zero-order valence-corrected chi connectivity index (χ0v) is 11.3. The van der Waals surface area contributed by atoms with Gasteiger partial charge in [-0.25, -0.2) is 0 Å². The maximum absolute atomic E-state index is 5.60. The summed E-state index contributed by atoms with van der Waals surface area (Å²) >= 11 is 0. The van der Waals surface area contributed by atoms with Crippen molar-refractivity contribution in [3.05, 3.63) is 23.8 Å². The van der Waals surface area contributed by atoms with Gasteiger partial charge < -0.3 is 20.1 Å². The molecule has 0 amide bonds. The number of rotatable bonds is 4. The molecule has 0 radical (unpaired) electrons. The van der Waals surface area contributed by atoms with Gasteiger partial charge in [0, 0.05) is 19.1 Å². The number of ether oxygens (including phenoxy) is 2. The van der Waals surface area contributed by atoms with Crippen LogP contribution >= 0.6 is 0 Å². The van der Waals surface area contributed by atoms with Crippen molar-refractivity contribution >= 4 is 0 Å². The molecule has 1 aromatic rings. The Hall–Kier alpha value is -1.26. The minimum atomic E-state index is 0.631. The summed E-state index contributed by atoms with van der Waals surface area (Å²) in [4.78, 5) is 0. The smallest absolute Gasteiger partial charge is 0.161 e. The van der Waals surface area contributed by atoms with Crippen molar-refractivity contribution in [2.45, 2.75) is 31.8 Å². The predicted molar refractivity (Wildman–Crippen MR) is 74.8 cm³/mol. The van der Waals surface area contributed by atoms with E-state index in [9.17, 15) is 0 Å². The van der Waals surface area contributed by atoms with Gasteiger partial charge in [0.15, 0.2) is 11.5 Å². The summed E-state index contributed by atoms with van der Waals surface area (Å²) in [5.74, 6) is 1.74. The van der Waals surface area contributed by atoms with Crippen LogP contribution in [0.1, 0.15) is 24.8 Å². The van der Waals surface area contributed by atoms with Crippen molar-refractivity contribution in [3.63, 3.8) is 0 Å². The van der Waals surface area contributed by atoms with Gasteiger partial charge in [0.25, 0.3) is 0 Å². The average molecular weight is 262 g/mol. The van der Waals surface area contributed by atoms with Gasteiger partial charge in [0.1, 0.15) is 13.2 Å². The molecule has 0 aromatic heterocycles. The Balaban J connectivity index is 1.49. The fourth-order valence-electron chi connectivity index (χ4n) is 2.69. The second-order valence-electron chi connectivity index (χ2n) is 5.26. The Morgan fingerprint density at radius 1 is 1.16 bits per heavy atom. The van der Waals surface area contributed by atoms with Crippen LogP contribution < -0.4 is 20.1 Å². The predicted octanol–water partition coefficient (Wildman–Crippen LogP) is 1.69. The molecule has 2 heterocycles. The SMILES string of the molecule is c1cc2c(cc1CNCC1CCCCN1)OCCO2. The van der Waals surface area contributed by atoms with Gasteiger partial charge >= 0.3 is 0 Å². The Labute approximate surface area is 114 Å². The van der Waals surface area contributed by atoms with E-state index < -0.39 is 0 Å². The van der Waals surface area contributed by atoms with Crippen LogP contribution in [0, 0.1) is 0 Å². The van der Waals surface area contributed by atoms with Crippen molar-refractivity contribution in [1.82, 2.24) is 10.6 Å². The molecular formula is C15H22N2O2. The molecule has 2 aliphatic heterocycles. The van der Waals surface area contributed by atoms with E-state index in [0.29, 0.717) is 19.3 Å².